The first-order valence-corrected chi connectivity index (χ1v) is 10.1. The third-order valence-corrected chi connectivity index (χ3v) is 5.59. The molecule has 1 aromatic heterocycles. The number of aromatic nitrogens is 2. The third-order valence-electron chi connectivity index (χ3n) is 3.86. The summed E-state index contributed by atoms with van der Waals surface area (Å²) in [5.41, 5.74) is 0.689. The first kappa shape index (κ1) is 20.1. The van der Waals surface area contributed by atoms with Crippen molar-refractivity contribution in [2.45, 2.75) is 11.3 Å². The van der Waals surface area contributed by atoms with Crippen molar-refractivity contribution < 1.29 is 22.4 Å². The zero-order valence-corrected chi connectivity index (χ0v) is 16.7. The van der Waals surface area contributed by atoms with Crippen molar-refractivity contribution in [3.63, 3.8) is 0 Å². The van der Waals surface area contributed by atoms with Crippen LogP contribution < -0.4 is 14.2 Å². The molecule has 3 rings (SSSR count). The van der Waals surface area contributed by atoms with Gasteiger partial charge in [-0.15, -0.1) is 0 Å². The average Bonchev–Trinajstić information content (AvgIpc) is 3.16. The molecule has 1 heterocycles. The molecule has 0 unspecified atom stereocenters. The molecule has 0 aliphatic heterocycles. The maximum Gasteiger partial charge on any atom is 0.240 e. The van der Waals surface area contributed by atoms with E-state index in [0.717, 1.165) is 0 Å². The Kier molecular flexibility index (Phi) is 6.18. The first-order chi connectivity index (χ1) is 13.4. The lowest BCUT2D eigenvalue weighted by Gasteiger charge is -2.07. The molecule has 0 radical (unpaired) electrons. The van der Waals surface area contributed by atoms with Crippen LogP contribution in [0.2, 0.25) is 5.02 Å². The largest absolute Gasteiger partial charge is 0.493 e. The van der Waals surface area contributed by atoms with Crippen LogP contribution in [0.25, 0.3) is 11.4 Å². The van der Waals surface area contributed by atoms with Crippen molar-refractivity contribution in [1.82, 2.24) is 14.9 Å². The molecule has 0 spiro atoms. The fourth-order valence-electron chi connectivity index (χ4n) is 2.44. The highest BCUT2D eigenvalue weighted by molar-refractivity contribution is 7.89. The number of benzene rings is 2. The number of rotatable bonds is 8. The number of methoxy groups -OCH3 is 2. The Morgan fingerprint density at radius 3 is 2.46 bits per heavy atom. The summed E-state index contributed by atoms with van der Waals surface area (Å²) in [6.45, 7) is 0.110. The lowest BCUT2D eigenvalue weighted by molar-refractivity contribution is 0.355. The topological polar surface area (TPSA) is 104 Å². The molecular weight excluding hydrogens is 406 g/mol. The van der Waals surface area contributed by atoms with Crippen LogP contribution in [0.4, 0.5) is 0 Å². The maximum absolute atomic E-state index is 12.2. The predicted octanol–water partition coefficient (Wildman–Crippen LogP) is 2.93. The number of hydrogen-bond donors (Lipinski definition) is 1. The molecular formula is C18H18ClN3O5S. The van der Waals surface area contributed by atoms with Crippen LogP contribution in [0.1, 0.15) is 5.89 Å². The van der Waals surface area contributed by atoms with Crippen LogP contribution in [0.15, 0.2) is 51.9 Å². The number of sulfonamides is 1. The van der Waals surface area contributed by atoms with Gasteiger partial charge in [-0.05, 0) is 42.5 Å². The van der Waals surface area contributed by atoms with E-state index in [1.54, 1.807) is 25.3 Å². The Morgan fingerprint density at radius 1 is 1.07 bits per heavy atom. The molecule has 8 nitrogen and oxygen atoms in total. The molecule has 0 fully saturated rings. The van der Waals surface area contributed by atoms with E-state index in [4.69, 9.17) is 25.6 Å². The molecule has 148 valence electrons. The third kappa shape index (κ3) is 4.61. The zero-order chi connectivity index (χ0) is 20.1. The monoisotopic (exact) mass is 423 g/mol. The van der Waals surface area contributed by atoms with Crippen molar-refractivity contribution in [2.75, 3.05) is 20.8 Å². The fourth-order valence-corrected chi connectivity index (χ4v) is 3.60. The van der Waals surface area contributed by atoms with Gasteiger partial charge in [-0.1, -0.05) is 16.8 Å². The Labute approximate surface area is 167 Å². The number of ether oxygens (including phenoxy) is 2. The van der Waals surface area contributed by atoms with Gasteiger partial charge in [0.25, 0.3) is 0 Å². The molecule has 0 atom stereocenters. The van der Waals surface area contributed by atoms with Crippen molar-refractivity contribution >= 4 is 21.6 Å². The van der Waals surface area contributed by atoms with Crippen molar-refractivity contribution in [2.24, 2.45) is 0 Å². The minimum Gasteiger partial charge on any atom is -0.493 e. The van der Waals surface area contributed by atoms with Gasteiger partial charge in [-0.25, -0.2) is 13.1 Å². The standard InChI is InChI=1S/C18H18ClN3O5S/c1-25-15-8-3-12(11-16(15)26-2)18-21-17(27-22-18)9-10-20-28(23,24)14-6-4-13(19)5-7-14/h3-8,11,20H,9-10H2,1-2H3. The highest BCUT2D eigenvalue weighted by atomic mass is 35.5. The second-order valence-corrected chi connectivity index (χ2v) is 7.89. The highest BCUT2D eigenvalue weighted by Gasteiger charge is 2.15. The summed E-state index contributed by atoms with van der Waals surface area (Å²) in [4.78, 5) is 4.42. The Hall–Kier alpha value is -2.62. The zero-order valence-electron chi connectivity index (χ0n) is 15.2. The van der Waals surface area contributed by atoms with Gasteiger partial charge in [0.1, 0.15) is 0 Å². The Morgan fingerprint density at radius 2 is 1.79 bits per heavy atom. The summed E-state index contributed by atoms with van der Waals surface area (Å²) in [5.74, 6) is 1.81. The summed E-state index contributed by atoms with van der Waals surface area (Å²) >= 11 is 5.78. The molecule has 0 aliphatic rings. The van der Waals surface area contributed by atoms with Crippen molar-refractivity contribution in [3.05, 3.63) is 53.4 Å². The predicted molar refractivity (Wildman–Crippen MR) is 103 cm³/mol. The van der Waals surface area contributed by atoms with E-state index in [-0.39, 0.29) is 17.9 Å². The molecule has 0 saturated carbocycles. The molecule has 0 aliphatic carbocycles. The van der Waals surface area contributed by atoms with Crippen LogP contribution in [0.3, 0.4) is 0 Å². The van der Waals surface area contributed by atoms with Crippen LogP contribution >= 0.6 is 11.6 Å². The summed E-state index contributed by atoms with van der Waals surface area (Å²) in [5, 5.41) is 4.39. The van der Waals surface area contributed by atoms with Gasteiger partial charge in [-0.3, -0.25) is 0 Å². The first-order valence-electron chi connectivity index (χ1n) is 8.23. The summed E-state index contributed by atoms with van der Waals surface area (Å²) in [6.07, 6.45) is 0.243. The van der Waals surface area contributed by atoms with Crippen LogP contribution in [0, 0.1) is 0 Å². The summed E-state index contributed by atoms with van der Waals surface area (Å²) in [7, 11) is -0.550. The second-order valence-electron chi connectivity index (χ2n) is 5.68. The number of nitrogens with zero attached hydrogens (tertiary/aromatic N) is 2. The van der Waals surface area contributed by atoms with Crippen LogP contribution in [-0.4, -0.2) is 39.3 Å². The van der Waals surface area contributed by atoms with E-state index in [1.807, 2.05) is 0 Å². The maximum atomic E-state index is 12.2. The normalized spacial score (nSPS) is 11.4. The Balaban J connectivity index is 1.64. The van der Waals surface area contributed by atoms with E-state index < -0.39 is 10.0 Å². The van der Waals surface area contributed by atoms with Crippen LogP contribution in [0.5, 0.6) is 11.5 Å². The molecule has 0 bridgehead atoms. The molecule has 2 aromatic carbocycles. The molecule has 3 aromatic rings. The number of nitrogens with one attached hydrogen (secondary N) is 1. The van der Waals surface area contributed by atoms with Gasteiger partial charge in [-0.2, -0.15) is 4.98 Å². The minimum atomic E-state index is -3.64. The van der Waals surface area contributed by atoms with E-state index >= 15 is 0 Å². The van der Waals surface area contributed by atoms with Gasteiger partial charge in [0.2, 0.25) is 21.7 Å². The minimum absolute atomic E-state index is 0.110. The van der Waals surface area contributed by atoms with Gasteiger partial charge >= 0.3 is 0 Å². The molecule has 0 amide bonds. The van der Waals surface area contributed by atoms with Crippen LogP contribution in [-0.2, 0) is 16.4 Å². The SMILES string of the molecule is COc1ccc(-c2noc(CCNS(=O)(=O)c3ccc(Cl)cc3)n2)cc1OC. The van der Waals surface area contributed by atoms with Gasteiger partial charge in [0.05, 0.1) is 19.1 Å². The van der Waals surface area contributed by atoms with E-state index in [0.29, 0.717) is 33.8 Å². The summed E-state index contributed by atoms with van der Waals surface area (Å²) < 4.78 is 42.6. The van der Waals surface area contributed by atoms with Crippen molar-refractivity contribution in [1.29, 1.82) is 0 Å². The highest BCUT2D eigenvalue weighted by Crippen LogP contribution is 2.31. The Bertz CT molecular complexity index is 1050. The van der Waals surface area contributed by atoms with E-state index in [1.165, 1.54) is 31.4 Å². The van der Waals surface area contributed by atoms with Gasteiger partial charge < -0.3 is 14.0 Å². The van der Waals surface area contributed by atoms with Gasteiger partial charge in [0, 0.05) is 23.6 Å². The summed E-state index contributed by atoms with van der Waals surface area (Å²) in [6, 6.07) is 11.2. The lowest BCUT2D eigenvalue weighted by Crippen LogP contribution is -2.26. The number of hydrogen-bond acceptors (Lipinski definition) is 7. The molecule has 0 saturated heterocycles. The second kappa shape index (κ2) is 8.59. The average molecular weight is 424 g/mol. The molecule has 10 heteroatoms. The van der Waals surface area contributed by atoms with E-state index in [9.17, 15) is 8.42 Å². The quantitative estimate of drug-likeness (QED) is 0.594. The smallest absolute Gasteiger partial charge is 0.240 e. The molecule has 28 heavy (non-hydrogen) atoms. The fraction of sp³-hybridized carbons (Fsp3) is 0.222. The lowest BCUT2D eigenvalue weighted by atomic mass is 10.2. The van der Waals surface area contributed by atoms with E-state index in [2.05, 4.69) is 14.9 Å². The van der Waals surface area contributed by atoms with Crippen molar-refractivity contribution in [3.8, 4) is 22.9 Å². The molecule has 1 N–H and O–H groups in total. The van der Waals surface area contributed by atoms with Gasteiger partial charge in [0.15, 0.2) is 11.5 Å². The number of halogens is 1.